The van der Waals surface area contributed by atoms with E-state index in [9.17, 15) is 23.1 Å². The molecule has 0 saturated carbocycles. The van der Waals surface area contributed by atoms with E-state index in [2.05, 4.69) is 16.7 Å². The minimum atomic E-state index is -4.85. The maximum atomic E-state index is 13.8. The van der Waals surface area contributed by atoms with Crippen LogP contribution in [-0.4, -0.2) is 32.4 Å². The van der Waals surface area contributed by atoms with Crippen LogP contribution in [0.25, 0.3) is 0 Å². The summed E-state index contributed by atoms with van der Waals surface area (Å²) in [6.07, 6.45) is -3.69. The molecule has 2 aromatic rings. The van der Waals surface area contributed by atoms with E-state index in [1.54, 1.807) is 27.7 Å². The third-order valence-electron chi connectivity index (χ3n) is 4.15. The molecule has 0 fully saturated rings. The van der Waals surface area contributed by atoms with Gasteiger partial charge in [-0.2, -0.15) is 18.3 Å². The molecule has 0 amide bonds. The van der Waals surface area contributed by atoms with E-state index in [4.69, 9.17) is 9.47 Å². The van der Waals surface area contributed by atoms with Crippen LogP contribution in [0.3, 0.4) is 0 Å². The van der Waals surface area contributed by atoms with Crippen LogP contribution in [-0.2, 0) is 16.5 Å². The van der Waals surface area contributed by atoms with Crippen LogP contribution in [0.1, 0.15) is 61.0 Å². The van der Waals surface area contributed by atoms with E-state index in [1.807, 2.05) is 0 Å². The first-order valence-electron chi connectivity index (χ1n) is 9.13. The average molecular weight is 427 g/mol. The van der Waals surface area contributed by atoms with E-state index in [1.165, 1.54) is 11.6 Å². The first-order valence-corrected chi connectivity index (χ1v) is 9.13. The molecule has 0 spiro atoms. The summed E-state index contributed by atoms with van der Waals surface area (Å²) in [5, 5.41) is 14.2. The average Bonchev–Trinajstić information content (AvgIpc) is 2.97. The van der Waals surface area contributed by atoms with Crippen LogP contribution >= 0.6 is 0 Å². The lowest BCUT2D eigenvalue weighted by Crippen LogP contribution is -2.24. The molecule has 2 aromatic heterocycles. The lowest BCUT2D eigenvalue weighted by molar-refractivity contribution is -0.140. The van der Waals surface area contributed by atoms with Crippen LogP contribution in [0.2, 0.25) is 0 Å². The highest BCUT2D eigenvalue weighted by atomic mass is 19.4. The summed E-state index contributed by atoms with van der Waals surface area (Å²) in [5.74, 6) is -1.42. The predicted octanol–water partition coefficient (Wildman–Crippen LogP) is 4.55. The van der Waals surface area contributed by atoms with Gasteiger partial charge in [0.15, 0.2) is 11.4 Å². The predicted molar refractivity (Wildman–Crippen MR) is 102 cm³/mol. The number of aliphatic hydroxyl groups excluding tert-OH is 1. The second-order valence-electron chi connectivity index (χ2n) is 7.46. The summed E-state index contributed by atoms with van der Waals surface area (Å²) in [6, 6.07) is 0. The molecule has 0 aromatic carbocycles. The van der Waals surface area contributed by atoms with Crippen molar-refractivity contribution in [2.24, 2.45) is 0 Å². The normalized spacial score (nSPS) is 13.1. The number of pyridine rings is 1. The molecule has 2 rings (SSSR count). The zero-order chi connectivity index (χ0) is 22.9. The Morgan fingerprint density at radius 3 is 2.47 bits per heavy atom. The zero-order valence-corrected chi connectivity index (χ0v) is 17.4. The molecule has 2 heterocycles. The quantitative estimate of drug-likeness (QED) is 0.538. The molecular formula is C20H24F3N3O4. The van der Waals surface area contributed by atoms with Crippen LogP contribution in [0, 0.1) is 6.92 Å². The van der Waals surface area contributed by atoms with Gasteiger partial charge in [0, 0.05) is 17.3 Å². The number of aromatic nitrogens is 3. The molecular weight excluding hydrogens is 403 g/mol. The van der Waals surface area contributed by atoms with E-state index in [0.29, 0.717) is 0 Å². The molecule has 164 valence electrons. The van der Waals surface area contributed by atoms with Gasteiger partial charge in [0.1, 0.15) is 5.56 Å². The van der Waals surface area contributed by atoms with Crippen molar-refractivity contribution < 1.29 is 32.5 Å². The number of hydrogen-bond acceptors (Lipinski definition) is 6. The SMILES string of the molecule is C=CC(O)c1cncc(Oc2c(C)c(C(=O)OCC)nn2C(C)(C)C)c1C(F)(F)F. The Labute approximate surface area is 172 Å². The molecule has 1 atom stereocenters. The summed E-state index contributed by atoms with van der Waals surface area (Å²) < 4.78 is 53.4. The maximum absolute atomic E-state index is 13.8. The van der Waals surface area contributed by atoms with Crippen LogP contribution in [0.15, 0.2) is 25.0 Å². The number of ether oxygens (including phenoxy) is 2. The second-order valence-corrected chi connectivity index (χ2v) is 7.46. The van der Waals surface area contributed by atoms with E-state index in [-0.39, 0.29) is 23.7 Å². The number of carbonyl (C=O) groups is 1. The Kier molecular flexibility index (Phi) is 6.60. The summed E-state index contributed by atoms with van der Waals surface area (Å²) >= 11 is 0. The van der Waals surface area contributed by atoms with Crippen molar-refractivity contribution in [1.82, 2.24) is 14.8 Å². The zero-order valence-electron chi connectivity index (χ0n) is 17.4. The lowest BCUT2D eigenvalue weighted by Gasteiger charge is -2.24. The third kappa shape index (κ3) is 4.64. The highest BCUT2D eigenvalue weighted by Crippen LogP contribution is 2.43. The van der Waals surface area contributed by atoms with Crippen LogP contribution < -0.4 is 4.74 Å². The Morgan fingerprint density at radius 2 is 1.97 bits per heavy atom. The van der Waals surface area contributed by atoms with Crippen molar-refractivity contribution in [2.75, 3.05) is 6.61 Å². The Bertz CT molecular complexity index is 946. The van der Waals surface area contributed by atoms with Crippen molar-refractivity contribution in [3.05, 3.63) is 47.4 Å². The summed E-state index contributed by atoms with van der Waals surface area (Å²) in [6.45, 7) is 11.8. The van der Waals surface area contributed by atoms with Crippen LogP contribution in [0.4, 0.5) is 13.2 Å². The second kappa shape index (κ2) is 8.47. The third-order valence-corrected chi connectivity index (χ3v) is 4.15. The van der Waals surface area contributed by atoms with E-state index in [0.717, 1.165) is 18.5 Å². The summed E-state index contributed by atoms with van der Waals surface area (Å²) in [4.78, 5) is 16.0. The Balaban J connectivity index is 2.71. The van der Waals surface area contributed by atoms with Crippen molar-refractivity contribution in [3.8, 4) is 11.6 Å². The Hall–Kier alpha value is -2.88. The van der Waals surface area contributed by atoms with Gasteiger partial charge in [0.25, 0.3) is 0 Å². The van der Waals surface area contributed by atoms with Crippen molar-refractivity contribution in [2.45, 2.75) is 52.4 Å². The first kappa shape index (κ1) is 23.4. The number of alkyl halides is 3. The number of esters is 1. The van der Waals surface area contributed by atoms with Gasteiger partial charge in [-0.25, -0.2) is 9.48 Å². The molecule has 7 nitrogen and oxygen atoms in total. The molecule has 0 aliphatic carbocycles. The monoisotopic (exact) mass is 427 g/mol. The van der Waals surface area contributed by atoms with Crippen molar-refractivity contribution in [1.29, 1.82) is 0 Å². The van der Waals surface area contributed by atoms with Gasteiger partial charge in [-0.15, -0.1) is 6.58 Å². The van der Waals surface area contributed by atoms with Gasteiger partial charge in [-0.1, -0.05) is 6.08 Å². The highest BCUT2D eigenvalue weighted by Gasteiger charge is 2.40. The molecule has 0 aliphatic heterocycles. The number of carbonyl (C=O) groups excluding carboxylic acids is 1. The van der Waals surface area contributed by atoms with Gasteiger partial charge in [-0.3, -0.25) is 4.98 Å². The number of nitrogens with zero attached hydrogens (tertiary/aromatic N) is 3. The molecule has 0 bridgehead atoms. The standard InChI is InChI=1S/C20H24F3N3O4/c1-7-13(27)12-9-24-10-14(15(12)20(21,22)23)30-17-11(3)16(18(28)29-8-2)25-26(17)19(4,5)6/h7,9-10,13,27H,1,8H2,2-6H3. The van der Waals surface area contributed by atoms with Gasteiger partial charge in [0.05, 0.1) is 24.4 Å². The minimum absolute atomic E-state index is 0.0643. The number of halogens is 3. The van der Waals surface area contributed by atoms with Crippen molar-refractivity contribution >= 4 is 5.97 Å². The largest absolute Gasteiger partial charge is 0.461 e. The molecule has 10 heteroatoms. The molecule has 1 unspecified atom stereocenters. The lowest BCUT2D eigenvalue weighted by atomic mass is 10.0. The summed E-state index contributed by atoms with van der Waals surface area (Å²) in [7, 11) is 0. The van der Waals surface area contributed by atoms with E-state index >= 15 is 0 Å². The fourth-order valence-corrected chi connectivity index (χ4v) is 2.74. The molecule has 0 saturated heterocycles. The number of hydrogen-bond donors (Lipinski definition) is 1. The van der Waals surface area contributed by atoms with Gasteiger partial charge >= 0.3 is 12.1 Å². The van der Waals surface area contributed by atoms with Crippen LogP contribution in [0.5, 0.6) is 11.6 Å². The van der Waals surface area contributed by atoms with Crippen molar-refractivity contribution in [3.63, 3.8) is 0 Å². The van der Waals surface area contributed by atoms with E-state index < -0.39 is 40.7 Å². The maximum Gasteiger partial charge on any atom is 0.420 e. The molecule has 1 N–H and O–H groups in total. The minimum Gasteiger partial charge on any atom is -0.461 e. The topological polar surface area (TPSA) is 86.5 Å². The molecule has 30 heavy (non-hydrogen) atoms. The van der Waals surface area contributed by atoms with Gasteiger partial charge in [0.2, 0.25) is 5.88 Å². The fourth-order valence-electron chi connectivity index (χ4n) is 2.74. The summed E-state index contributed by atoms with van der Waals surface area (Å²) in [5.41, 5.74) is -2.27. The molecule has 0 radical (unpaired) electrons. The Morgan fingerprint density at radius 1 is 1.33 bits per heavy atom. The molecule has 0 aliphatic rings. The van der Waals surface area contributed by atoms with Gasteiger partial charge in [-0.05, 0) is 34.6 Å². The number of aliphatic hydroxyl groups is 1. The van der Waals surface area contributed by atoms with Gasteiger partial charge < -0.3 is 14.6 Å². The number of rotatable bonds is 6. The first-order chi connectivity index (χ1) is 13.8. The fraction of sp³-hybridized carbons (Fsp3) is 0.450. The highest BCUT2D eigenvalue weighted by molar-refractivity contribution is 5.89. The smallest absolute Gasteiger partial charge is 0.420 e.